The van der Waals surface area contributed by atoms with Gasteiger partial charge >= 0.3 is 5.97 Å². The summed E-state index contributed by atoms with van der Waals surface area (Å²) in [5.41, 5.74) is 0. The van der Waals surface area contributed by atoms with Gasteiger partial charge in [-0.2, -0.15) is 0 Å². The van der Waals surface area contributed by atoms with Gasteiger partial charge in [0.05, 0.1) is 0 Å². The number of hydrogen-bond acceptors (Lipinski definition) is 2. The Morgan fingerprint density at radius 3 is 2.53 bits per heavy atom. The first kappa shape index (κ1) is 15.9. The maximum atomic E-state index is 13.2. The van der Waals surface area contributed by atoms with Crippen LogP contribution in [0.3, 0.4) is 0 Å². The van der Waals surface area contributed by atoms with Gasteiger partial charge in [-0.25, -0.2) is 13.6 Å². The zero-order chi connectivity index (χ0) is 14.6. The Labute approximate surface area is 111 Å². The van der Waals surface area contributed by atoms with E-state index in [-0.39, 0.29) is 31.1 Å². The fraction of sp³-hybridized carbons (Fsp3) is 0.846. The van der Waals surface area contributed by atoms with E-state index in [1.807, 2.05) is 0 Å². The molecule has 110 valence electrons. The van der Waals surface area contributed by atoms with Crippen molar-refractivity contribution in [2.75, 3.05) is 0 Å². The van der Waals surface area contributed by atoms with Gasteiger partial charge in [-0.3, -0.25) is 4.79 Å². The predicted octanol–water partition coefficient (Wildman–Crippen LogP) is 2.43. The lowest BCUT2D eigenvalue weighted by atomic mass is 9.84. The van der Waals surface area contributed by atoms with E-state index in [2.05, 4.69) is 5.32 Å². The Morgan fingerprint density at radius 2 is 2.05 bits per heavy atom. The maximum Gasteiger partial charge on any atom is 0.326 e. The van der Waals surface area contributed by atoms with Crippen LogP contribution in [0, 0.1) is 11.8 Å². The summed E-state index contributed by atoms with van der Waals surface area (Å²) in [4.78, 5) is 22.7. The molecule has 2 N–H and O–H groups in total. The number of halogens is 2. The molecule has 0 spiro atoms. The highest BCUT2D eigenvalue weighted by Crippen LogP contribution is 2.37. The van der Waals surface area contributed by atoms with Gasteiger partial charge in [0.15, 0.2) is 0 Å². The van der Waals surface area contributed by atoms with Crippen LogP contribution < -0.4 is 5.32 Å². The van der Waals surface area contributed by atoms with Gasteiger partial charge in [-0.15, -0.1) is 0 Å². The molecule has 1 aliphatic carbocycles. The second-order valence-corrected chi connectivity index (χ2v) is 5.65. The minimum Gasteiger partial charge on any atom is -0.480 e. The summed E-state index contributed by atoms with van der Waals surface area (Å²) in [5.74, 6) is -4.84. The smallest absolute Gasteiger partial charge is 0.326 e. The largest absolute Gasteiger partial charge is 0.480 e. The molecule has 2 unspecified atom stereocenters. The van der Waals surface area contributed by atoms with E-state index in [4.69, 9.17) is 5.11 Å². The number of carboxylic acid groups (broad SMARTS) is 1. The van der Waals surface area contributed by atoms with E-state index in [0.717, 1.165) is 0 Å². The van der Waals surface area contributed by atoms with E-state index in [1.165, 1.54) is 0 Å². The van der Waals surface area contributed by atoms with Crippen molar-refractivity contribution in [1.82, 2.24) is 5.32 Å². The number of aliphatic carboxylic acids is 1. The lowest BCUT2D eigenvalue weighted by Crippen LogP contribution is -2.45. The second kappa shape index (κ2) is 6.30. The SMILES string of the molecule is CC(C)C(NC(=O)CC1CCCC(F)(F)C1)C(=O)O. The number of amides is 1. The summed E-state index contributed by atoms with van der Waals surface area (Å²) < 4.78 is 26.4. The molecule has 1 fully saturated rings. The fourth-order valence-electron chi connectivity index (χ4n) is 2.46. The standard InChI is InChI=1S/C13H21F2NO3/c1-8(2)11(12(18)19)16-10(17)6-9-4-3-5-13(14,15)7-9/h8-9,11H,3-7H2,1-2H3,(H,16,17)(H,18,19). The van der Waals surface area contributed by atoms with Gasteiger partial charge in [0, 0.05) is 19.3 Å². The van der Waals surface area contributed by atoms with Gasteiger partial charge in [0.2, 0.25) is 11.8 Å². The summed E-state index contributed by atoms with van der Waals surface area (Å²) in [5, 5.41) is 11.4. The lowest BCUT2D eigenvalue weighted by Gasteiger charge is -2.29. The first-order valence-corrected chi connectivity index (χ1v) is 6.61. The molecule has 0 saturated heterocycles. The highest BCUT2D eigenvalue weighted by molar-refractivity contribution is 5.83. The van der Waals surface area contributed by atoms with Crippen LogP contribution in [0.15, 0.2) is 0 Å². The minimum atomic E-state index is -2.69. The van der Waals surface area contributed by atoms with Crippen molar-refractivity contribution in [1.29, 1.82) is 0 Å². The van der Waals surface area contributed by atoms with Crippen LogP contribution in [0.4, 0.5) is 8.78 Å². The molecule has 0 heterocycles. The van der Waals surface area contributed by atoms with Crippen molar-refractivity contribution >= 4 is 11.9 Å². The summed E-state index contributed by atoms with van der Waals surface area (Å²) in [7, 11) is 0. The number of hydrogen-bond donors (Lipinski definition) is 2. The molecule has 0 aromatic carbocycles. The summed E-state index contributed by atoms with van der Waals surface area (Å²) in [6, 6.07) is -0.961. The van der Waals surface area contributed by atoms with Crippen molar-refractivity contribution in [3.63, 3.8) is 0 Å². The molecule has 0 radical (unpaired) electrons. The van der Waals surface area contributed by atoms with Crippen LogP contribution in [0.5, 0.6) is 0 Å². The average molecular weight is 277 g/mol. The predicted molar refractivity (Wildman–Crippen MR) is 65.9 cm³/mol. The quantitative estimate of drug-likeness (QED) is 0.811. The molecule has 0 bridgehead atoms. The van der Waals surface area contributed by atoms with E-state index >= 15 is 0 Å². The van der Waals surface area contributed by atoms with E-state index in [1.54, 1.807) is 13.8 Å². The molecule has 19 heavy (non-hydrogen) atoms. The highest BCUT2D eigenvalue weighted by atomic mass is 19.3. The van der Waals surface area contributed by atoms with E-state index < -0.39 is 23.8 Å². The molecule has 1 amide bonds. The molecule has 6 heteroatoms. The molecule has 0 aliphatic heterocycles. The van der Waals surface area contributed by atoms with Crippen molar-refractivity contribution in [3.05, 3.63) is 0 Å². The molecule has 4 nitrogen and oxygen atoms in total. The first-order chi connectivity index (χ1) is 8.71. The number of nitrogens with one attached hydrogen (secondary N) is 1. The van der Waals surface area contributed by atoms with Crippen LogP contribution in [0.1, 0.15) is 46.0 Å². The normalized spacial score (nSPS) is 23.9. The fourth-order valence-corrected chi connectivity index (χ4v) is 2.46. The molecule has 0 aromatic rings. The van der Waals surface area contributed by atoms with Crippen molar-refractivity contribution < 1.29 is 23.5 Å². The Kier molecular flexibility index (Phi) is 5.26. The zero-order valence-electron chi connectivity index (χ0n) is 11.3. The number of carbonyl (C=O) groups is 2. The van der Waals surface area contributed by atoms with E-state index in [9.17, 15) is 18.4 Å². The number of carboxylic acids is 1. The molecule has 1 saturated carbocycles. The van der Waals surface area contributed by atoms with Crippen LogP contribution in [0.2, 0.25) is 0 Å². The van der Waals surface area contributed by atoms with Gasteiger partial charge in [-0.1, -0.05) is 13.8 Å². The third-order valence-corrected chi connectivity index (χ3v) is 3.47. The van der Waals surface area contributed by atoms with Gasteiger partial charge in [0.25, 0.3) is 0 Å². The van der Waals surface area contributed by atoms with Crippen molar-refractivity contribution in [2.24, 2.45) is 11.8 Å². The topological polar surface area (TPSA) is 66.4 Å². The number of alkyl halides is 2. The second-order valence-electron chi connectivity index (χ2n) is 5.65. The Balaban J connectivity index is 2.48. The average Bonchev–Trinajstić information content (AvgIpc) is 2.23. The Hall–Kier alpha value is -1.20. The number of carbonyl (C=O) groups excluding carboxylic acids is 1. The summed E-state index contributed by atoms with van der Waals surface area (Å²) >= 11 is 0. The minimum absolute atomic E-state index is 0.0217. The summed E-state index contributed by atoms with van der Waals surface area (Å²) in [6.07, 6.45) is 0.598. The van der Waals surface area contributed by atoms with Gasteiger partial charge < -0.3 is 10.4 Å². The highest BCUT2D eigenvalue weighted by Gasteiger charge is 2.37. The molecule has 2 atom stereocenters. The van der Waals surface area contributed by atoms with Crippen LogP contribution >= 0.6 is 0 Å². The summed E-state index contributed by atoms with van der Waals surface area (Å²) in [6.45, 7) is 3.38. The maximum absolute atomic E-state index is 13.2. The zero-order valence-corrected chi connectivity index (χ0v) is 11.3. The Morgan fingerprint density at radius 1 is 1.42 bits per heavy atom. The molecule has 1 rings (SSSR count). The molecule has 1 aliphatic rings. The van der Waals surface area contributed by atoms with E-state index in [0.29, 0.717) is 12.8 Å². The third kappa shape index (κ3) is 5.12. The first-order valence-electron chi connectivity index (χ1n) is 6.61. The third-order valence-electron chi connectivity index (χ3n) is 3.47. The van der Waals surface area contributed by atoms with Crippen LogP contribution in [-0.4, -0.2) is 28.9 Å². The Bertz CT molecular complexity index is 345. The number of rotatable bonds is 5. The molecular formula is C13H21F2NO3. The van der Waals surface area contributed by atoms with Crippen LogP contribution in [-0.2, 0) is 9.59 Å². The van der Waals surface area contributed by atoms with Crippen molar-refractivity contribution in [2.45, 2.75) is 57.9 Å². The molecule has 0 aromatic heterocycles. The van der Waals surface area contributed by atoms with Gasteiger partial charge in [0.1, 0.15) is 6.04 Å². The van der Waals surface area contributed by atoms with Gasteiger partial charge in [-0.05, 0) is 24.7 Å². The molecular weight excluding hydrogens is 256 g/mol. The monoisotopic (exact) mass is 277 g/mol. The van der Waals surface area contributed by atoms with Crippen LogP contribution in [0.25, 0.3) is 0 Å². The van der Waals surface area contributed by atoms with Crippen molar-refractivity contribution in [3.8, 4) is 0 Å². The lowest BCUT2D eigenvalue weighted by molar-refractivity contribution is -0.143.